The number of piperazine rings is 1. The topological polar surface area (TPSA) is 49.4 Å². The zero-order valence-electron chi connectivity index (χ0n) is 9.33. The number of carbonyl (C=O) groups excluding carboxylic acids is 2. The Morgan fingerprint density at radius 2 is 2.20 bits per heavy atom. The Morgan fingerprint density at radius 3 is 2.73 bits per heavy atom. The van der Waals surface area contributed by atoms with Gasteiger partial charge in [0.1, 0.15) is 12.6 Å². The summed E-state index contributed by atoms with van der Waals surface area (Å²) in [6.45, 7) is 6.01. The molecule has 1 unspecified atom stereocenters. The molecule has 4 heteroatoms. The lowest BCUT2D eigenvalue weighted by Gasteiger charge is -2.33. The molecule has 1 heterocycles. The van der Waals surface area contributed by atoms with E-state index in [0.29, 0.717) is 6.54 Å². The molecule has 1 aliphatic heterocycles. The fourth-order valence-electron chi connectivity index (χ4n) is 1.49. The van der Waals surface area contributed by atoms with Gasteiger partial charge in [-0.2, -0.15) is 0 Å². The number of hydrogen-bond donors (Lipinski definition) is 1. The van der Waals surface area contributed by atoms with Crippen LogP contribution in [-0.4, -0.2) is 35.8 Å². The standard InChI is InChI=1S/C11H16N2O2/c1-4-5-6-13-7-9(14)12-10(8(2)3)11(13)15/h8,10H,6-7H2,1-3H3,(H,12,14). The second-order valence-corrected chi connectivity index (χ2v) is 3.91. The van der Waals surface area contributed by atoms with Crippen molar-refractivity contribution in [3.05, 3.63) is 0 Å². The van der Waals surface area contributed by atoms with Crippen molar-refractivity contribution in [1.82, 2.24) is 10.2 Å². The molecule has 0 aliphatic carbocycles. The first-order valence-electron chi connectivity index (χ1n) is 5.04. The van der Waals surface area contributed by atoms with E-state index < -0.39 is 6.04 Å². The molecule has 15 heavy (non-hydrogen) atoms. The fourth-order valence-corrected chi connectivity index (χ4v) is 1.49. The molecular weight excluding hydrogens is 192 g/mol. The number of nitrogens with one attached hydrogen (secondary N) is 1. The zero-order chi connectivity index (χ0) is 11.4. The maximum atomic E-state index is 11.9. The van der Waals surface area contributed by atoms with Gasteiger partial charge in [0, 0.05) is 0 Å². The largest absolute Gasteiger partial charge is 0.343 e. The first kappa shape index (κ1) is 11.6. The van der Waals surface area contributed by atoms with E-state index in [9.17, 15) is 9.59 Å². The van der Waals surface area contributed by atoms with Crippen molar-refractivity contribution in [2.45, 2.75) is 26.8 Å². The van der Waals surface area contributed by atoms with Crippen molar-refractivity contribution in [2.75, 3.05) is 13.1 Å². The lowest BCUT2D eigenvalue weighted by atomic mass is 10.0. The van der Waals surface area contributed by atoms with E-state index in [1.165, 1.54) is 4.90 Å². The number of rotatable bonds is 2. The van der Waals surface area contributed by atoms with Crippen molar-refractivity contribution >= 4 is 11.8 Å². The first-order valence-corrected chi connectivity index (χ1v) is 5.04. The molecule has 1 aliphatic rings. The number of nitrogens with zero attached hydrogens (tertiary/aromatic N) is 1. The molecule has 0 aromatic heterocycles. The molecular formula is C11H16N2O2. The van der Waals surface area contributed by atoms with Gasteiger partial charge >= 0.3 is 0 Å². The van der Waals surface area contributed by atoms with Gasteiger partial charge in [0.15, 0.2) is 0 Å². The summed E-state index contributed by atoms with van der Waals surface area (Å²) >= 11 is 0. The highest BCUT2D eigenvalue weighted by Gasteiger charge is 2.33. The van der Waals surface area contributed by atoms with Crippen LogP contribution in [0, 0.1) is 17.8 Å². The minimum atomic E-state index is -0.398. The highest BCUT2D eigenvalue weighted by Crippen LogP contribution is 2.10. The average molecular weight is 208 g/mol. The van der Waals surface area contributed by atoms with E-state index in [1.54, 1.807) is 6.92 Å². The minimum Gasteiger partial charge on any atom is -0.343 e. The van der Waals surface area contributed by atoms with Gasteiger partial charge in [0.25, 0.3) is 0 Å². The normalized spacial score (nSPS) is 21.1. The van der Waals surface area contributed by atoms with Gasteiger partial charge in [-0.1, -0.05) is 19.8 Å². The molecule has 1 saturated heterocycles. The van der Waals surface area contributed by atoms with Crippen LogP contribution in [0.15, 0.2) is 0 Å². The summed E-state index contributed by atoms with van der Waals surface area (Å²) < 4.78 is 0. The van der Waals surface area contributed by atoms with Crippen LogP contribution in [0.25, 0.3) is 0 Å². The summed E-state index contributed by atoms with van der Waals surface area (Å²) in [5, 5.41) is 2.69. The Morgan fingerprint density at radius 1 is 1.53 bits per heavy atom. The van der Waals surface area contributed by atoms with Gasteiger partial charge < -0.3 is 10.2 Å². The van der Waals surface area contributed by atoms with Crippen molar-refractivity contribution in [3.63, 3.8) is 0 Å². The Kier molecular flexibility index (Phi) is 3.73. The van der Waals surface area contributed by atoms with Crippen molar-refractivity contribution in [3.8, 4) is 11.8 Å². The number of amides is 2. The predicted octanol–water partition coefficient (Wildman–Crippen LogP) is -0.00730. The molecule has 82 valence electrons. The quantitative estimate of drug-likeness (QED) is 0.649. The molecule has 0 aromatic rings. The van der Waals surface area contributed by atoms with Gasteiger partial charge in [-0.05, 0) is 12.8 Å². The summed E-state index contributed by atoms with van der Waals surface area (Å²) in [7, 11) is 0. The molecule has 0 spiro atoms. The summed E-state index contributed by atoms with van der Waals surface area (Å²) in [5.74, 6) is 5.49. The summed E-state index contributed by atoms with van der Waals surface area (Å²) in [4.78, 5) is 24.7. The monoisotopic (exact) mass is 208 g/mol. The van der Waals surface area contributed by atoms with Gasteiger partial charge in [-0.15, -0.1) is 5.92 Å². The smallest absolute Gasteiger partial charge is 0.246 e. The maximum Gasteiger partial charge on any atom is 0.246 e. The Labute approximate surface area is 90.0 Å². The average Bonchev–Trinajstić information content (AvgIpc) is 2.18. The molecule has 4 nitrogen and oxygen atoms in total. The number of hydrogen-bond acceptors (Lipinski definition) is 2. The molecule has 1 fully saturated rings. The van der Waals surface area contributed by atoms with Crippen molar-refractivity contribution in [1.29, 1.82) is 0 Å². The lowest BCUT2D eigenvalue weighted by Crippen LogP contribution is -2.59. The SMILES string of the molecule is CC#CCN1CC(=O)NC(C(C)C)C1=O. The van der Waals surface area contributed by atoms with E-state index in [-0.39, 0.29) is 24.3 Å². The van der Waals surface area contributed by atoms with Crippen molar-refractivity contribution in [2.24, 2.45) is 5.92 Å². The van der Waals surface area contributed by atoms with Crippen LogP contribution in [0.5, 0.6) is 0 Å². The highest BCUT2D eigenvalue weighted by molar-refractivity contribution is 5.95. The van der Waals surface area contributed by atoms with Crippen molar-refractivity contribution < 1.29 is 9.59 Å². The van der Waals surface area contributed by atoms with Crippen LogP contribution < -0.4 is 5.32 Å². The van der Waals surface area contributed by atoms with E-state index in [2.05, 4.69) is 17.2 Å². The Hall–Kier alpha value is -1.50. The summed E-state index contributed by atoms with van der Waals surface area (Å²) in [6.07, 6.45) is 0. The highest BCUT2D eigenvalue weighted by atomic mass is 16.2. The van der Waals surface area contributed by atoms with Crippen LogP contribution in [0.4, 0.5) is 0 Å². The van der Waals surface area contributed by atoms with Crippen LogP contribution >= 0.6 is 0 Å². The Balaban J connectivity index is 2.75. The molecule has 1 atom stereocenters. The van der Waals surface area contributed by atoms with Gasteiger partial charge in [0.05, 0.1) is 6.54 Å². The molecule has 0 radical (unpaired) electrons. The second-order valence-electron chi connectivity index (χ2n) is 3.91. The van der Waals surface area contributed by atoms with E-state index >= 15 is 0 Å². The fraction of sp³-hybridized carbons (Fsp3) is 0.636. The third-order valence-electron chi connectivity index (χ3n) is 2.34. The minimum absolute atomic E-state index is 0.0349. The first-order chi connectivity index (χ1) is 7.06. The molecule has 0 aromatic carbocycles. The van der Waals surface area contributed by atoms with Gasteiger partial charge in [-0.25, -0.2) is 0 Å². The molecule has 1 N–H and O–H groups in total. The lowest BCUT2D eigenvalue weighted by molar-refractivity contribution is -0.144. The molecule has 1 rings (SSSR count). The zero-order valence-corrected chi connectivity index (χ0v) is 9.33. The number of carbonyl (C=O) groups is 2. The summed E-state index contributed by atoms with van der Waals surface area (Å²) in [6, 6.07) is -0.398. The molecule has 0 bridgehead atoms. The van der Waals surface area contributed by atoms with Crippen LogP contribution in [0.2, 0.25) is 0 Å². The maximum absolute atomic E-state index is 11.9. The second kappa shape index (κ2) is 4.83. The van der Waals surface area contributed by atoms with Crippen LogP contribution in [-0.2, 0) is 9.59 Å². The van der Waals surface area contributed by atoms with Gasteiger partial charge in [-0.3, -0.25) is 9.59 Å². The third-order valence-corrected chi connectivity index (χ3v) is 2.34. The Bertz CT molecular complexity index is 325. The molecule has 0 saturated carbocycles. The predicted molar refractivity (Wildman–Crippen MR) is 56.8 cm³/mol. The van der Waals surface area contributed by atoms with Gasteiger partial charge in [0.2, 0.25) is 11.8 Å². The summed E-state index contributed by atoms with van der Waals surface area (Å²) in [5.41, 5.74) is 0. The third kappa shape index (κ3) is 2.72. The van der Waals surface area contributed by atoms with Crippen LogP contribution in [0.1, 0.15) is 20.8 Å². The van der Waals surface area contributed by atoms with E-state index in [4.69, 9.17) is 0 Å². The molecule has 2 amide bonds. The van der Waals surface area contributed by atoms with E-state index in [0.717, 1.165) is 0 Å². The van der Waals surface area contributed by atoms with Crippen LogP contribution in [0.3, 0.4) is 0 Å². The van der Waals surface area contributed by atoms with E-state index in [1.807, 2.05) is 13.8 Å².